The number of aldehydes is 1. The lowest BCUT2D eigenvalue weighted by Crippen LogP contribution is -2.49. The van der Waals surface area contributed by atoms with Crippen LogP contribution in [0.4, 0.5) is 17.6 Å². The van der Waals surface area contributed by atoms with Gasteiger partial charge in [0.25, 0.3) is 5.91 Å². The Morgan fingerprint density at radius 3 is 2.38 bits per heavy atom. The van der Waals surface area contributed by atoms with E-state index in [-0.39, 0.29) is 11.9 Å². The fraction of sp³-hybridized carbons (Fsp3) is 0.526. The van der Waals surface area contributed by atoms with Gasteiger partial charge in [-0.25, -0.2) is 9.37 Å². The van der Waals surface area contributed by atoms with Crippen LogP contribution >= 0.6 is 0 Å². The third-order valence-corrected chi connectivity index (χ3v) is 4.29. The number of piperidine rings is 1. The maximum absolute atomic E-state index is 12.8. The van der Waals surface area contributed by atoms with E-state index in [1.165, 1.54) is 12.1 Å². The minimum atomic E-state index is -4.80. The molecule has 3 atom stereocenters. The van der Waals surface area contributed by atoms with Gasteiger partial charge in [0.05, 0.1) is 6.20 Å². The molecule has 1 aromatic rings. The number of hydrogen-bond donors (Lipinski definition) is 1. The molecule has 1 N–H and O–H groups in total. The lowest BCUT2D eigenvalue weighted by atomic mass is 9.93. The van der Waals surface area contributed by atoms with Gasteiger partial charge in [0.15, 0.2) is 6.29 Å². The highest BCUT2D eigenvalue weighted by Crippen LogP contribution is 2.21. The van der Waals surface area contributed by atoms with Crippen molar-refractivity contribution in [3.05, 3.63) is 29.8 Å². The number of amides is 1. The molecule has 0 spiro atoms. The van der Waals surface area contributed by atoms with Gasteiger partial charge >= 0.3 is 6.18 Å². The van der Waals surface area contributed by atoms with E-state index >= 15 is 0 Å². The van der Waals surface area contributed by atoms with Crippen molar-refractivity contribution in [2.24, 2.45) is 5.92 Å². The molecule has 1 fully saturated rings. The van der Waals surface area contributed by atoms with E-state index in [1.54, 1.807) is 11.9 Å². The zero-order valence-corrected chi connectivity index (χ0v) is 16.4. The molecule has 6 nitrogen and oxygen atoms in total. The molecule has 1 amide bonds. The zero-order valence-electron chi connectivity index (χ0n) is 16.4. The Hall–Kier alpha value is -2.51. The molecule has 0 aliphatic carbocycles. The molecular formula is C19H25F4N3O3. The van der Waals surface area contributed by atoms with E-state index in [1.807, 2.05) is 0 Å². The fourth-order valence-electron chi connectivity index (χ4n) is 2.83. The predicted octanol–water partition coefficient (Wildman–Crippen LogP) is 1.99. The van der Waals surface area contributed by atoms with Gasteiger partial charge in [-0.3, -0.25) is 4.79 Å². The first kappa shape index (κ1) is 26.5. The van der Waals surface area contributed by atoms with Gasteiger partial charge in [0.2, 0.25) is 6.10 Å². The van der Waals surface area contributed by atoms with Crippen LogP contribution in [0.2, 0.25) is 0 Å². The van der Waals surface area contributed by atoms with E-state index in [4.69, 9.17) is 5.11 Å². The van der Waals surface area contributed by atoms with E-state index in [0.29, 0.717) is 11.6 Å². The Bertz CT molecular complexity index is 665. The van der Waals surface area contributed by atoms with Crippen LogP contribution in [0.1, 0.15) is 23.8 Å². The average molecular weight is 419 g/mol. The summed E-state index contributed by atoms with van der Waals surface area (Å²) in [5, 5.41) is 7.70. The maximum atomic E-state index is 12.8. The largest absolute Gasteiger partial charge is 0.421 e. The van der Waals surface area contributed by atoms with Crippen LogP contribution in [-0.2, 0) is 4.79 Å². The first-order chi connectivity index (χ1) is 13.5. The number of alkyl halides is 3. The number of halogens is 4. The Labute approximate surface area is 167 Å². The number of hydrogen-bond acceptors (Lipinski definition) is 5. The summed E-state index contributed by atoms with van der Waals surface area (Å²) in [4.78, 5) is 29.4. The highest BCUT2D eigenvalue weighted by molar-refractivity contribution is 5.92. The monoisotopic (exact) mass is 419 g/mol. The Balaban J connectivity index is 0.000000664. The molecule has 0 saturated carbocycles. The molecule has 2 heterocycles. The third-order valence-electron chi connectivity index (χ3n) is 4.29. The van der Waals surface area contributed by atoms with E-state index in [0.717, 1.165) is 25.7 Å². The maximum Gasteiger partial charge on any atom is 0.421 e. The molecule has 29 heavy (non-hydrogen) atoms. The first-order valence-electron chi connectivity index (χ1n) is 8.58. The third kappa shape index (κ3) is 8.58. The number of likely N-dealkylation sites (tertiary alicyclic amines) is 1. The van der Waals surface area contributed by atoms with Crippen molar-refractivity contribution in [1.82, 2.24) is 14.8 Å². The normalized spacial score (nSPS) is 20.2. The molecule has 1 saturated heterocycles. The molecule has 0 aromatic carbocycles. The molecule has 1 aliphatic rings. The fourth-order valence-corrected chi connectivity index (χ4v) is 2.83. The molecule has 3 unspecified atom stereocenters. The molecule has 2 rings (SSSR count). The smallest absolute Gasteiger partial charge is 0.377 e. The van der Waals surface area contributed by atoms with Gasteiger partial charge in [-0.05, 0) is 38.1 Å². The molecule has 0 radical (unpaired) electrons. The predicted molar refractivity (Wildman–Crippen MR) is 99.4 cm³/mol. The topological polar surface area (TPSA) is 73.7 Å². The number of pyridine rings is 1. The second kappa shape index (κ2) is 12.1. The highest BCUT2D eigenvalue weighted by Gasteiger charge is 2.37. The second-order valence-electron chi connectivity index (χ2n) is 6.50. The number of aromatic nitrogens is 1. The summed E-state index contributed by atoms with van der Waals surface area (Å²) in [6.07, 6.45) is 1.84. The van der Waals surface area contributed by atoms with Crippen LogP contribution < -0.4 is 0 Å². The van der Waals surface area contributed by atoms with Crippen molar-refractivity contribution in [2.75, 3.05) is 27.2 Å². The summed E-state index contributed by atoms with van der Waals surface area (Å²) in [7, 11) is 3.90. The van der Waals surface area contributed by atoms with Crippen LogP contribution in [0, 0.1) is 24.6 Å². The van der Waals surface area contributed by atoms with Gasteiger partial charge in [0, 0.05) is 19.6 Å². The quantitative estimate of drug-likeness (QED) is 0.461. The number of nitrogens with zero attached hydrogens (tertiary/aromatic N) is 3. The van der Waals surface area contributed by atoms with Crippen LogP contribution in [0.5, 0.6) is 0 Å². The van der Waals surface area contributed by atoms with Crippen LogP contribution in [0.15, 0.2) is 18.3 Å². The zero-order chi connectivity index (χ0) is 22.8. The van der Waals surface area contributed by atoms with E-state index in [9.17, 15) is 27.2 Å². The minimum Gasteiger partial charge on any atom is -0.377 e. The van der Waals surface area contributed by atoms with Gasteiger partial charge in [-0.2, -0.15) is 13.2 Å². The molecule has 1 aromatic heterocycles. The van der Waals surface area contributed by atoms with Crippen molar-refractivity contribution >= 4 is 12.2 Å². The molecule has 10 heteroatoms. The van der Waals surface area contributed by atoms with Crippen molar-refractivity contribution in [1.29, 1.82) is 0 Å². The van der Waals surface area contributed by atoms with Crippen LogP contribution in [0.3, 0.4) is 0 Å². The Morgan fingerprint density at radius 1 is 1.41 bits per heavy atom. The minimum absolute atomic E-state index is 0.138. The van der Waals surface area contributed by atoms with Gasteiger partial charge in [-0.1, -0.05) is 6.92 Å². The van der Waals surface area contributed by atoms with Crippen molar-refractivity contribution in [2.45, 2.75) is 31.7 Å². The van der Waals surface area contributed by atoms with Crippen molar-refractivity contribution in [3.8, 4) is 12.8 Å². The summed E-state index contributed by atoms with van der Waals surface area (Å²) < 4.78 is 45.7. The number of carbonyl (C=O) groups excluding carboxylic acids is 2. The summed E-state index contributed by atoms with van der Waals surface area (Å²) in [5.41, 5.74) is 0.301. The van der Waals surface area contributed by atoms with Gasteiger partial charge in [0.1, 0.15) is 11.5 Å². The lowest BCUT2D eigenvalue weighted by molar-refractivity contribution is -0.197. The lowest BCUT2D eigenvalue weighted by Gasteiger charge is -2.39. The molecule has 162 valence electrons. The number of aliphatic hydroxyl groups excluding tert-OH is 1. The summed E-state index contributed by atoms with van der Waals surface area (Å²) in [6, 6.07) is 2.93. The summed E-state index contributed by atoms with van der Waals surface area (Å²) in [5.74, 6) is -0.138. The number of terminal acetylenes is 1. The summed E-state index contributed by atoms with van der Waals surface area (Å²) >= 11 is 0. The van der Waals surface area contributed by atoms with Crippen LogP contribution in [0.25, 0.3) is 0 Å². The molecule has 1 aliphatic heterocycles. The average Bonchev–Trinajstić information content (AvgIpc) is 2.68. The number of carbonyl (C=O) groups is 2. The molecular weight excluding hydrogens is 394 g/mol. The Kier molecular flexibility index (Phi) is 11.1. The van der Waals surface area contributed by atoms with Crippen molar-refractivity contribution in [3.63, 3.8) is 0 Å². The first-order valence-corrected chi connectivity index (χ1v) is 8.58. The van der Waals surface area contributed by atoms with Gasteiger partial charge in [-0.15, -0.1) is 12.8 Å². The summed E-state index contributed by atoms with van der Waals surface area (Å²) in [6.45, 7) is 4.13. The van der Waals surface area contributed by atoms with E-state index in [2.05, 4.69) is 36.7 Å². The Morgan fingerprint density at radius 2 is 2.00 bits per heavy atom. The van der Waals surface area contributed by atoms with Gasteiger partial charge < -0.3 is 19.7 Å². The second-order valence-corrected chi connectivity index (χ2v) is 6.50. The number of rotatable bonds is 3. The highest BCUT2D eigenvalue weighted by atomic mass is 19.4. The van der Waals surface area contributed by atoms with E-state index < -0.39 is 24.4 Å². The SMILES string of the molecule is C#C.CC1CN(C)CCC1N(C)C(=O)c1ccc(F)cn1.O=CC(O)C(F)(F)F. The number of aliphatic hydroxyl groups is 1. The molecule has 0 bridgehead atoms. The van der Waals surface area contributed by atoms with Crippen molar-refractivity contribution < 1.29 is 32.3 Å². The van der Waals surface area contributed by atoms with Crippen LogP contribution in [-0.4, -0.2) is 77.6 Å². The standard InChI is InChI=1S/C14H20FN3O.C3H3F3O2.C2H2/c1-10-9-17(2)7-6-13(10)18(3)14(19)12-5-4-11(15)8-16-12;4-3(5,6)2(8)1-7;1-2/h4-5,8,10,13H,6-7,9H2,1-3H3;1-2,8H;1-2H.